The van der Waals surface area contributed by atoms with Crippen LogP contribution >= 0.6 is 11.3 Å². The van der Waals surface area contributed by atoms with Crippen LogP contribution in [0.5, 0.6) is 0 Å². The van der Waals surface area contributed by atoms with Gasteiger partial charge in [0.15, 0.2) is 5.78 Å². The van der Waals surface area contributed by atoms with Gasteiger partial charge in [-0.2, -0.15) is 0 Å². The molecule has 2 aromatic rings. The maximum atomic E-state index is 13.3. The van der Waals surface area contributed by atoms with Gasteiger partial charge in [0.1, 0.15) is 5.54 Å². The fourth-order valence-corrected chi connectivity index (χ4v) is 7.07. The predicted octanol–water partition coefficient (Wildman–Crippen LogP) is 2.43. The van der Waals surface area contributed by atoms with Crippen molar-refractivity contribution in [3.8, 4) is 0 Å². The monoisotopic (exact) mass is 473 g/mol. The Hall–Kier alpha value is -2.72. The number of aryl methyl sites for hydroxylation is 1. The number of hydrogen-bond acceptors (Lipinski definition) is 6. The number of nitrogens with zero attached hydrogens (tertiary/aromatic N) is 2. The molecule has 1 N–H and O–H groups in total. The molecule has 3 amide bonds. The molecular weight excluding hydrogens is 450 g/mol. The normalized spacial score (nSPS) is 22.3. The van der Waals surface area contributed by atoms with E-state index < -0.39 is 21.6 Å². The number of anilines is 1. The van der Waals surface area contributed by atoms with Gasteiger partial charge < -0.3 is 5.32 Å². The molecule has 1 unspecified atom stereocenters. The number of carbonyl (C=O) groups excluding carboxylic acids is 3. The second-order valence-electron chi connectivity index (χ2n) is 8.33. The molecule has 2 aliphatic heterocycles. The van der Waals surface area contributed by atoms with E-state index in [9.17, 15) is 22.8 Å². The first-order valence-corrected chi connectivity index (χ1v) is 13.1. The van der Waals surface area contributed by atoms with Crippen molar-refractivity contribution in [3.63, 3.8) is 0 Å². The number of benzene rings is 1. The predicted molar refractivity (Wildman–Crippen MR) is 120 cm³/mol. The fraction of sp³-hybridized carbons (Fsp3) is 0.409. The molecule has 1 aliphatic carbocycles. The van der Waals surface area contributed by atoms with Crippen molar-refractivity contribution in [3.05, 3.63) is 51.2 Å². The number of nitrogens with one attached hydrogen (secondary N) is 1. The van der Waals surface area contributed by atoms with Crippen molar-refractivity contribution in [1.29, 1.82) is 0 Å². The average Bonchev–Trinajstić information content (AvgIpc) is 3.48. The molecule has 32 heavy (non-hydrogen) atoms. The van der Waals surface area contributed by atoms with Crippen molar-refractivity contribution in [2.75, 3.05) is 23.1 Å². The van der Waals surface area contributed by atoms with Crippen LogP contribution in [0.15, 0.2) is 29.6 Å². The molecule has 8 nitrogen and oxygen atoms in total. The number of rotatable bonds is 5. The van der Waals surface area contributed by atoms with Gasteiger partial charge in [0.25, 0.3) is 5.91 Å². The van der Waals surface area contributed by atoms with E-state index in [-0.39, 0.29) is 24.0 Å². The summed E-state index contributed by atoms with van der Waals surface area (Å²) in [6.45, 7) is 1.60. The highest BCUT2D eigenvalue weighted by atomic mass is 32.2. The molecule has 1 spiro atoms. The summed E-state index contributed by atoms with van der Waals surface area (Å²) in [5, 5.41) is 4.79. The molecule has 1 atom stereocenters. The first-order valence-electron chi connectivity index (χ1n) is 10.6. The third-order valence-electron chi connectivity index (χ3n) is 6.59. The van der Waals surface area contributed by atoms with Crippen molar-refractivity contribution >= 4 is 44.8 Å². The minimum atomic E-state index is -3.37. The van der Waals surface area contributed by atoms with Crippen LogP contribution in [0.1, 0.15) is 46.1 Å². The Morgan fingerprint density at radius 3 is 2.81 bits per heavy atom. The van der Waals surface area contributed by atoms with Crippen LogP contribution in [-0.4, -0.2) is 49.9 Å². The summed E-state index contributed by atoms with van der Waals surface area (Å²) in [5.41, 5.74) is 1.50. The molecule has 10 heteroatoms. The Bertz CT molecular complexity index is 1250. The number of ketones is 1. The second-order valence-corrected chi connectivity index (χ2v) is 11.5. The largest absolute Gasteiger partial charge is 0.325 e. The molecule has 0 saturated carbocycles. The van der Waals surface area contributed by atoms with Crippen LogP contribution in [0.3, 0.4) is 0 Å². The van der Waals surface area contributed by atoms with E-state index in [1.165, 1.54) is 4.31 Å². The van der Waals surface area contributed by atoms with Crippen molar-refractivity contribution < 1.29 is 22.8 Å². The maximum absolute atomic E-state index is 13.3. The number of fused-ring (bicyclic) bond motifs is 3. The number of sulfonamides is 1. The lowest BCUT2D eigenvalue weighted by Crippen LogP contribution is -2.46. The quantitative estimate of drug-likeness (QED) is 0.531. The molecule has 1 aromatic heterocycles. The van der Waals surface area contributed by atoms with Crippen molar-refractivity contribution in [1.82, 2.24) is 10.2 Å². The average molecular weight is 474 g/mol. The second kappa shape index (κ2) is 7.41. The molecule has 1 fully saturated rings. The molecule has 3 aliphatic rings. The van der Waals surface area contributed by atoms with Crippen LogP contribution in [0.2, 0.25) is 0 Å². The lowest BCUT2D eigenvalue weighted by Gasteiger charge is -2.31. The minimum absolute atomic E-state index is 0.00684. The summed E-state index contributed by atoms with van der Waals surface area (Å²) in [4.78, 5) is 41.1. The zero-order valence-electron chi connectivity index (χ0n) is 17.6. The Morgan fingerprint density at radius 2 is 2.03 bits per heavy atom. The number of amides is 3. The van der Waals surface area contributed by atoms with E-state index in [4.69, 9.17) is 0 Å². The minimum Gasteiger partial charge on any atom is -0.319 e. The molecule has 1 saturated heterocycles. The smallest absolute Gasteiger partial charge is 0.319 e. The van der Waals surface area contributed by atoms with Gasteiger partial charge in [-0.15, -0.1) is 11.3 Å². The topological polar surface area (TPSA) is 104 Å². The van der Waals surface area contributed by atoms with Crippen LogP contribution < -0.4 is 9.62 Å². The molecule has 5 rings (SSSR count). The number of thiophene rings is 1. The summed E-state index contributed by atoms with van der Waals surface area (Å²) in [6, 6.07) is 6.21. The van der Waals surface area contributed by atoms with Gasteiger partial charge in [-0.1, -0.05) is 0 Å². The lowest BCUT2D eigenvalue weighted by molar-refractivity contribution is -0.131. The third kappa shape index (κ3) is 3.07. The van der Waals surface area contributed by atoms with Crippen LogP contribution in [0, 0.1) is 0 Å². The van der Waals surface area contributed by atoms with Gasteiger partial charge in [-0.3, -0.25) is 18.8 Å². The van der Waals surface area contributed by atoms with E-state index in [1.807, 2.05) is 11.4 Å². The molecule has 0 radical (unpaired) electrons. The summed E-state index contributed by atoms with van der Waals surface area (Å²) in [6.07, 6.45) is 2.72. The summed E-state index contributed by atoms with van der Waals surface area (Å²) in [5.74, 6) is -0.726. The summed E-state index contributed by atoms with van der Waals surface area (Å²) >= 11 is 1.58. The van der Waals surface area contributed by atoms with E-state index in [0.717, 1.165) is 33.7 Å². The van der Waals surface area contributed by atoms with Gasteiger partial charge in [0.2, 0.25) is 10.0 Å². The summed E-state index contributed by atoms with van der Waals surface area (Å²) < 4.78 is 25.9. The number of hydrogen-bond donors (Lipinski definition) is 1. The van der Waals surface area contributed by atoms with Gasteiger partial charge >= 0.3 is 6.03 Å². The molecular formula is C22H23N3O5S2. The molecule has 1 aromatic carbocycles. The van der Waals surface area contributed by atoms with Crippen LogP contribution in [0.25, 0.3) is 0 Å². The first-order chi connectivity index (χ1) is 15.3. The lowest BCUT2D eigenvalue weighted by atomic mass is 9.80. The highest BCUT2D eigenvalue weighted by molar-refractivity contribution is 7.92. The number of urea groups is 1. The zero-order valence-corrected chi connectivity index (χ0v) is 19.2. The van der Waals surface area contributed by atoms with Crippen LogP contribution in [-0.2, 0) is 33.2 Å². The highest BCUT2D eigenvalue weighted by Crippen LogP contribution is 2.42. The Labute approximate surface area is 190 Å². The van der Waals surface area contributed by atoms with Gasteiger partial charge in [-0.25, -0.2) is 13.2 Å². The molecule has 0 bridgehead atoms. The number of Topliss-reactive ketones (excluding diaryl/α,β-unsaturated/α-hetero) is 1. The maximum Gasteiger partial charge on any atom is 0.325 e. The Balaban J connectivity index is 1.38. The SMILES string of the molecule is CCS(=O)(=O)N1CCc2cc(C(=O)CN3C(=O)NC4(CCCc5sccc54)C3=O)ccc21. The number of carbonyl (C=O) groups is 3. The zero-order chi connectivity index (χ0) is 22.7. The van der Waals surface area contributed by atoms with Gasteiger partial charge in [0.05, 0.1) is 18.0 Å². The van der Waals surface area contributed by atoms with Crippen molar-refractivity contribution in [2.24, 2.45) is 0 Å². The van der Waals surface area contributed by atoms with E-state index in [1.54, 1.807) is 36.5 Å². The molecule has 168 valence electrons. The van der Waals surface area contributed by atoms with Crippen LogP contribution in [0.4, 0.5) is 10.5 Å². The van der Waals surface area contributed by atoms with E-state index >= 15 is 0 Å². The first kappa shape index (κ1) is 21.1. The highest BCUT2D eigenvalue weighted by Gasteiger charge is 2.54. The van der Waals surface area contributed by atoms with Crippen molar-refractivity contribution in [2.45, 2.75) is 38.1 Å². The Kier molecular flexibility index (Phi) is 4.90. The fourth-order valence-electron chi connectivity index (χ4n) is 4.91. The van der Waals surface area contributed by atoms with E-state index in [2.05, 4.69) is 5.32 Å². The third-order valence-corrected chi connectivity index (χ3v) is 9.35. The molecule has 3 heterocycles. The number of imide groups is 1. The summed E-state index contributed by atoms with van der Waals surface area (Å²) in [7, 11) is -3.37. The Morgan fingerprint density at radius 1 is 1.22 bits per heavy atom. The van der Waals surface area contributed by atoms with Gasteiger partial charge in [-0.05, 0) is 67.8 Å². The van der Waals surface area contributed by atoms with Gasteiger partial charge in [0, 0.05) is 22.5 Å². The van der Waals surface area contributed by atoms with E-state index in [0.29, 0.717) is 30.6 Å². The standard InChI is InChI=1S/C22H23N3O5S2/c1-2-32(29,30)25-10-7-14-12-15(5-6-17(14)25)18(26)13-24-20(27)22(23-21(24)28)9-3-4-19-16(22)8-11-31-19/h5-6,8,11-12H,2-4,7,9-10,13H2,1H3,(H,23,28).